The number of aryl methyl sites for hydroxylation is 1. The smallest absolute Gasteiger partial charge is 0.124 e. The Balaban J connectivity index is 1.82. The molecule has 0 aromatic heterocycles. The zero-order valence-corrected chi connectivity index (χ0v) is 11.4. The van der Waals surface area contributed by atoms with E-state index in [1.165, 1.54) is 22.1 Å². The molecule has 0 aliphatic carbocycles. The van der Waals surface area contributed by atoms with Gasteiger partial charge >= 0.3 is 0 Å². The summed E-state index contributed by atoms with van der Waals surface area (Å²) in [4.78, 5) is 1.07. The minimum absolute atomic E-state index is 0.161. The maximum atomic E-state index is 6.05. The summed E-state index contributed by atoms with van der Waals surface area (Å²) in [5, 5.41) is 0. The van der Waals surface area contributed by atoms with Gasteiger partial charge in [0.25, 0.3) is 0 Å². The zero-order valence-electron chi connectivity index (χ0n) is 9.80. The molecule has 3 heteroatoms. The van der Waals surface area contributed by atoms with E-state index in [0.29, 0.717) is 0 Å². The van der Waals surface area contributed by atoms with E-state index in [2.05, 4.69) is 24.3 Å². The monoisotopic (exact) mass is 276 g/mol. The van der Waals surface area contributed by atoms with Crippen molar-refractivity contribution < 1.29 is 4.74 Å². The van der Waals surface area contributed by atoms with Crippen molar-refractivity contribution in [3.8, 4) is 5.75 Å². The van der Waals surface area contributed by atoms with Gasteiger partial charge in [0.1, 0.15) is 11.9 Å². The van der Waals surface area contributed by atoms with Crippen LogP contribution in [0.5, 0.6) is 5.75 Å². The van der Waals surface area contributed by atoms with Gasteiger partial charge in [0.05, 0.1) is 0 Å². The van der Waals surface area contributed by atoms with Gasteiger partial charge in [-0.15, -0.1) is 0 Å². The fourth-order valence-electron chi connectivity index (χ4n) is 2.29. The molecule has 0 spiro atoms. The van der Waals surface area contributed by atoms with Gasteiger partial charge in [-0.3, -0.25) is 0 Å². The molecule has 0 radical (unpaired) electrons. The first-order valence-corrected chi connectivity index (χ1v) is 7.64. The Morgan fingerprint density at radius 2 is 1.83 bits per heavy atom. The van der Waals surface area contributed by atoms with Gasteiger partial charge < -0.3 is 4.74 Å². The highest BCUT2D eigenvalue weighted by atomic mass is 35.7. The maximum Gasteiger partial charge on any atom is 0.124 e. The van der Waals surface area contributed by atoms with Crippen molar-refractivity contribution in [1.82, 2.24) is 0 Å². The second kappa shape index (κ2) is 5.25. The van der Waals surface area contributed by atoms with Crippen molar-refractivity contribution in [2.24, 2.45) is 0 Å². The van der Waals surface area contributed by atoms with Crippen LogP contribution in [0.1, 0.15) is 23.7 Å². The van der Waals surface area contributed by atoms with Crippen molar-refractivity contribution in [3.63, 3.8) is 0 Å². The normalized spacial score (nSPS) is 17.9. The molecule has 1 unspecified atom stereocenters. The van der Waals surface area contributed by atoms with E-state index in [1.54, 1.807) is 0 Å². The lowest BCUT2D eigenvalue weighted by molar-refractivity contribution is 0.176. The van der Waals surface area contributed by atoms with Crippen LogP contribution in [0.25, 0.3) is 0 Å². The third-order valence-corrected chi connectivity index (χ3v) is 4.24. The molecule has 18 heavy (non-hydrogen) atoms. The summed E-state index contributed by atoms with van der Waals surface area (Å²) in [6.07, 6.45) is 2.27. The Kier molecular flexibility index (Phi) is 3.48. The number of halogens is 1. The minimum Gasteiger partial charge on any atom is -0.485 e. The van der Waals surface area contributed by atoms with Gasteiger partial charge in [0, 0.05) is 4.90 Å². The molecule has 1 nitrogen and oxygen atoms in total. The Hall–Kier alpha value is -1.12. The Bertz CT molecular complexity index is 538. The summed E-state index contributed by atoms with van der Waals surface area (Å²) in [6, 6.07) is 16.5. The summed E-state index contributed by atoms with van der Waals surface area (Å²) in [5.41, 5.74) is 2.53. The highest BCUT2D eigenvalue weighted by Crippen LogP contribution is 2.35. The molecule has 2 aromatic carbocycles. The molecular weight excluding hydrogens is 264 g/mol. The quantitative estimate of drug-likeness (QED) is 0.763. The number of para-hydroxylation sites is 1. The van der Waals surface area contributed by atoms with Crippen LogP contribution < -0.4 is 4.74 Å². The van der Waals surface area contributed by atoms with Crippen molar-refractivity contribution >= 4 is 21.7 Å². The molecule has 0 saturated heterocycles. The molecule has 0 amide bonds. The third kappa shape index (κ3) is 2.36. The predicted octanol–water partition coefficient (Wildman–Crippen LogP) is 5.00. The van der Waals surface area contributed by atoms with Gasteiger partial charge in [0.15, 0.2) is 0 Å². The number of benzene rings is 2. The molecule has 1 atom stereocenters. The molecule has 0 bridgehead atoms. The topological polar surface area (TPSA) is 9.23 Å². The van der Waals surface area contributed by atoms with Gasteiger partial charge in [-0.1, -0.05) is 30.3 Å². The number of rotatable bonds is 2. The Morgan fingerprint density at radius 3 is 2.61 bits per heavy atom. The molecule has 0 fully saturated rings. The van der Waals surface area contributed by atoms with E-state index in [-0.39, 0.29) is 6.10 Å². The molecule has 1 heterocycles. The van der Waals surface area contributed by atoms with Crippen LogP contribution in [0.2, 0.25) is 0 Å². The maximum absolute atomic E-state index is 6.05. The second-order valence-corrected chi connectivity index (χ2v) is 5.49. The fourth-order valence-corrected chi connectivity index (χ4v) is 2.84. The number of hydrogen-bond acceptors (Lipinski definition) is 2. The molecule has 92 valence electrons. The third-order valence-electron chi connectivity index (χ3n) is 3.26. The van der Waals surface area contributed by atoms with Crippen LogP contribution in [0.3, 0.4) is 0 Å². The molecule has 0 saturated carbocycles. The van der Waals surface area contributed by atoms with E-state index in [9.17, 15) is 0 Å². The van der Waals surface area contributed by atoms with E-state index in [0.717, 1.165) is 23.5 Å². The van der Waals surface area contributed by atoms with Crippen LogP contribution in [-0.4, -0.2) is 0 Å². The van der Waals surface area contributed by atoms with Crippen molar-refractivity contribution in [1.29, 1.82) is 0 Å². The summed E-state index contributed by atoms with van der Waals surface area (Å²) >= 11 is 0. The predicted molar refractivity (Wildman–Crippen MR) is 76.3 cm³/mol. The molecular formula is C15H13ClOS. The highest BCUT2D eigenvalue weighted by Gasteiger charge is 2.20. The summed E-state index contributed by atoms with van der Waals surface area (Å²) in [6.45, 7) is 0. The van der Waals surface area contributed by atoms with Crippen LogP contribution in [0.15, 0.2) is 53.4 Å². The first kappa shape index (κ1) is 11.9. The zero-order chi connectivity index (χ0) is 12.4. The molecule has 1 aliphatic rings. The fraction of sp³-hybridized carbons (Fsp3) is 0.200. The Morgan fingerprint density at radius 1 is 1.06 bits per heavy atom. The summed E-state index contributed by atoms with van der Waals surface area (Å²) < 4.78 is 6.05. The van der Waals surface area contributed by atoms with Crippen LogP contribution in [-0.2, 0) is 6.42 Å². The summed E-state index contributed by atoms with van der Waals surface area (Å²) in [7, 11) is 6.96. The van der Waals surface area contributed by atoms with Crippen molar-refractivity contribution in [2.45, 2.75) is 23.8 Å². The van der Waals surface area contributed by atoms with Crippen LogP contribution in [0, 0.1) is 0 Å². The standard InChI is InChI=1S/C15H13ClOS/c16-18-13-8-5-12(6-9-13)15-10-7-11-3-1-2-4-14(11)17-15/h1-6,8-9,15H,7,10H2. The highest BCUT2D eigenvalue weighted by molar-refractivity contribution is 8.21. The van der Waals surface area contributed by atoms with Gasteiger partial charge in [0.2, 0.25) is 0 Å². The molecule has 0 N–H and O–H groups in total. The number of ether oxygens (including phenoxy) is 1. The lowest BCUT2D eigenvalue weighted by Crippen LogP contribution is -2.14. The van der Waals surface area contributed by atoms with E-state index < -0.39 is 0 Å². The first-order chi connectivity index (χ1) is 8.86. The number of fused-ring (bicyclic) bond motifs is 1. The van der Waals surface area contributed by atoms with Crippen molar-refractivity contribution in [2.75, 3.05) is 0 Å². The largest absolute Gasteiger partial charge is 0.485 e. The van der Waals surface area contributed by atoms with Crippen molar-refractivity contribution in [3.05, 3.63) is 59.7 Å². The Labute approximate surface area is 116 Å². The minimum atomic E-state index is 0.161. The average Bonchev–Trinajstić information content (AvgIpc) is 2.47. The van der Waals surface area contributed by atoms with Gasteiger partial charge in [-0.25, -0.2) is 0 Å². The average molecular weight is 277 g/mol. The molecule has 3 rings (SSSR count). The van der Waals surface area contributed by atoms with Gasteiger partial charge in [-0.2, -0.15) is 0 Å². The van der Waals surface area contributed by atoms with Gasteiger partial charge in [-0.05, 0) is 63.8 Å². The van der Waals surface area contributed by atoms with Crippen LogP contribution in [0.4, 0.5) is 0 Å². The lowest BCUT2D eigenvalue weighted by atomic mass is 9.98. The first-order valence-electron chi connectivity index (χ1n) is 6.00. The second-order valence-electron chi connectivity index (χ2n) is 4.40. The molecule has 1 aliphatic heterocycles. The van der Waals surface area contributed by atoms with E-state index in [4.69, 9.17) is 15.4 Å². The molecule has 2 aromatic rings. The van der Waals surface area contributed by atoms with E-state index in [1.807, 2.05) is 24.3 Å². The number of hydrogen-bond donors (Lipinski definition) is 0. The summed E-state index contributed by atoms with van der Waals surface area (Å²) in [5.74, 6) is 1.02. The van der Waals surface area contributed by atoms with E-state index >= 15 is 0 Å². The lowest BCUT2D eigenvalue weighted by Gasteiger charge is -2.26. The van der Waals surface area contributed by atoms with Crippen LogP contribution >= 0.6 is 21.7 Å². The SMILES string of the molecule is ClSc1ccc(C2CCc3ccccc3O2)cc1.